The van der Waals surface area contributed by atoms with Crippen LogP contribution in [-0.2, 0) is 13.0 Å². The van der Waals surface area contributed by atoms with E-state index in [1.807, 2.05) is 24.5 Å². The average Bonchev–Trinajstić information content (AvgIpc) is 2.71. The molecule has 1 aliphatic carbocycles. The summed E-state index contributed by atoms with van der Waals surface area (Å²) >= 11 is 0. The standard InChI is InChI=1S/C16H18N2O/c1-11-6-7-17-9-13(11)10-18-12(2)8-14-15(18)4-3-5-16(14)19/h6-9H,3-5,10H2,1-2H3. The van der Waals surface area contributed by atoms with Gasteiger partial charge in [0.25, 0.3) is 0 Å². The summed E-state index contributed by atoms with van der Waals surface area (Å²) in [5.74, 6) is 0.297. The smallest absolute Gasteiger partial charge is 0.164 e. The zero-order valence-electron chi connectivity index (χ0n) is 11.4. The summed E-state index contributed by atoms with van der Waals surface area (Å²) in [5, 5.41) is 0. The number of carbonyl (C=O) groups excluding carboxylic acids is 1. The van der Waals surface area contributed by atoms with Gasteiger partial charge in [-0.05, 0) is 49.9 Å². The number of fused-ring (bicyclic) bond motifs is 1. The third kappa shape index (κ3) is 2.09. The van der Waals surface area contributed by atoms with Gasteiger partial charge in [0.1, 0.15) is 0 Å². The summed E-state index contributed by atoms with van der Waals surface area (Å²) in [5.41, 5.74) is 5.78. The Bertz CT molecular complexity index is 640. The first kappa shape index (κ1) is 12.2. The van der Waals surface area contributed by atoms with Gasteiger partial charge in [-0.1, -0.05) is 0 Å². The third-order valence-electron chi connectivity index (χ3n) is 4.01. The number of aryl methyl sites for hydroxylation is 2. The molecule has 2 aromatic heterocycles. The lowest BCUT2D eigenvalue weighted by Gasteiger charge is -2.16. The van der Waals surface area contributed by atoms with Crippen molar-refractivity contribution in [2.75, 3.05) is 0 Å². The van der Waals surface area contributed by atoms with E-state index in [2.05, 4.69) is 23.4 Å². The van der Waals surface area contributed by atoms with Gasteiger partial charge < -0.3 is 4.57 Å². The van der Waals surface area contributed by atoms with E-state index in [9.17, 15) is 4.79 Å². The second kappa shape index (κ2) is 4.65. The number of ketones is 1. The number of rotatable bonds is 2. The summed E-state index contributed by atoms with van der Waals surface area (Å²) in [6, 6.07) is 4.08. The molecule has 0 saturated heterocycles. The van der Waals surface area contributed by atoms with E-state index >= 15 is 0 Å². The van der Waals surface area contributed by atoms with Crippen molar-refractivity contribution in [2.24, 2.45) is 0 Å². The van der Waals surface area contributed by atoms with Gasteiger partial charge in [-0.3, -0.25) is 9.78 Å². The number of nitrogens with zero attached hydrogens (tertiary/aromatic N) is 2. The SMILES string of the molecule is Cc1ccncc1Cn1c(C)cc2c1CCCC2=O. The Morgan fingerprint density at radius 1 is 1.32 bits per heavy atom. The first-order chi connectivity index (χ1) is 9.16. The zero-order chi connectivity index (χ0) is 13.4. The van der Waals surface area contributed by atoms with E-state index in [0.717, 1.165) is 24.9 Å². The molecule has 0 saturated carbocycles. The van der Waals surface area contributed by atoms with Crippen LogP contribution in [0, 0.1) is 13.8 Å². The van der Waals surface area contributed by atoms with Gasteiger partial charge in [0.05, 0.1) is 0 Å². The van der Waals surface area contributed by atoms with Crippen LogP contribution in [0.5, 0.6) is 0 Å². The third-order valence-corrected chi connectivity index (χ3v) is 4.01. The molecule has 3 heteroatoms. The van der Waals surface area contributed by atoms with Crippen LogP contribution in [0.1, 0.15) is 45.7 Å². The predicted molar refractivity (Wildman–Crippen MR) is 74.5 cm³/mol. The van der Waals surface area contributed by atoms with Crippen LogP contribution in [0.4, 0.5) is 0 Å². The lowest BCUT2D eigenvalue weighted by molar-refractivity contribution is 0.0972. The van der Waals surface area contributed by atoms with E-state index < -0.39 is 0 Å². The van der Waals surface area contributed by atoms with Gasteiger partial charge in [-0.15, -0.1) is 0 Å². The fourth-order valence-corrected chi connectivity index (χ4v) is 2.84. The molecule has 2 heterocycles. The Morgan fingerprint density at radius 2 is 2.16 bits per heavy atom. The van der Waals surface area contributed by atoms with Crippen molar-refractivity contribution in [1.82, 2.24) is 9.55 Å². The Balaban J connectivity index is 2.02. The molecular formula is C16H18N2O. The minimum absolute atomic E-state index is 0.297. The molecule has 3 rings (SSSR count). The quantitative estimate of drug-likeness (QED) is 0.825. The average molecular weight is 254 g/mol. The number of pyridine rings is 1. The van der Waals surface area contributed by atoms with Crippen molar-refractivity contribution in [3.63, 3.8) is 0 Å². The number of hydrogen-bond donors (Lipinski definition) is 0. The summed E-state index contributed by atoms with van der Waals surface area (Å²) < 4.78 is 2.27. The lowest BCUT2D eigenvalue weighted by Crippen LogP contribution is -2.14. The van der Waals surface area contributed by atoms with Crippen LogP contribution in [-0.4, -0.2) is 15.3 Å². The van der Waals surface area contributed by atoms with Gasteiger partial charge in [-0.25, -0.2) is 0 Å². The van der Waals surface area contributed by atoms with Crippen LogP contribution < -0.4 is 0 Å². The van der Waals surface area contributed by atoms with Crippen molar-refractivity contribution in [3.05, 3.63) is 52.6 Å². The fourth-order valence-electron chi connectivity index (χ4n) is 2.84. The number of hydrogen-bond acceptors (Lipinski definition) is 2. The van der Waals surface area contributed by atoms with Gasteiger partial charge in [0.15, 0.2) is 5.78 Å². The second-order valence-corrected chi connectivity index (χ2v) is 5.31. The molecule has 19 heavy (non-hydrogen) atoms. The highest BCUT2D eigenvalue weighted by molar-refractivity contribution is 5.98. The van der Waals surface area contributed by atoms with Crippen LogP contribution in [0.3, 0.4) is 0 Å². The highest BCUT2D eigenvalue weighted by Gasteiger charge is 2.22. The molecule has 1 aliphatic rings. The first-order valence-electron chi connectivity index (χ1n) is 6.78. The largest absolute Gasteiger partial charge is 0.344 e. The molecule has 0 aliphatic heterocycles. The number of Topliss-reactive ketones (excluding diaryl/α,β-unsaturated/α-hetero) is 1. The predicted octanol–water partition coefficient (Wildman–Crippen LogP) is 3.07. The molecule has 0 fully saturated rings. The fraction of sp³-hybridized carbons (Fsp3) is 0.375. The van der Waals surface area contributed by atoms with E-state index in [-0.39, 0.29) is 0 Å². The van der Waals surface area contributed by atoms with E-state index in [1.165, 1.54) is 22.5 Å². The Labute approximate surface area is 113 Å². The molecule has 98 valence electrons. The van der Waals surface area contributed by atoms with Crippen molar-refractivity contribution in [3.8, 4) is 0 Å². The summed E-state index contributed by atoms with van der Waals surface area (Å²) in [4.78, 5) is 16.1. The molecule has 0 N–H and O–H groups in total. The monoisotopic (exact) mass is 254 g/mol. The minimum atomic E-state index is 0.297. The van der Waals surface area contributed by atoms with Gasteiger partial charge >= 0.3 is 0 Å². The van der Waals surface area contributed by atoms with E-state index in [4.69, 9.17) is 0 Å². The summed E-state index contributed by atoms with van der Waals surface area (Å²) in [6.45, 7) is 5.00. The van der Waals surface area contributed by atoms with E-state index in [0.29, 0.717) is 12.2 Å². The van der Waals surface area contributed by atoms with Crippen LogP contribution in [0.15, 0.2) is 24.5 Å². The Kier molecular flexibility index (Phi) is 2.97. The van der Waals surface area contributed by atoms with Crippen molar-refractivity contribution in [2.45, 2.75) is 39.7 Å². The molecule has 0 amide bonds. The zero-order valence-corrected chi connectivity index (χ0v) is 11.4. The van der Waals surface area contributed by atoms with E-state index in [1.54, 1.807) is 0 Å². The molecule has 2 aromatic rings. The molecule has 0 bridgehead atoms. The Morgan fingerprint density at radius 3 is 2.95 bits per heavy atom. The molecule has 0 unspecified atom stereocenters. The lowest BCUT2D eigenvalue weighted by atomic mass is 9.96. The molecule has 0 spiro atoms. The maximum Gasteiger partial charge on any atom is 0.164 e. The van der Waals surface area contributed by atoms with Crippen LogP contribution in [0.25, 0.3) is 0 Å². The maximum atomic E-state index is 11.9. The normalized spacial score (nSPS) is 14.5. The summed E-state index contributed by atoms with van der Waals surface area (Å²) in [7, 11) is 0. The topological polar surface area (TPSA) is 34.9 Å². The highest BCUT2D eigenvalue weighted by atomic mass is 16.1. The Hall–Kier alpha value is -1.90. The molecule has 0 atom stereocenters. The van der Waals surface area contributed by atoms with Crippen molar-refractivity contribution >= 4 is 5.78 Å². The van der Waals surface area contributed by atoms with Gasteiger partial charge in [-0.2, -0.15) is 0 Å². The minimum Gasteiger partial charge on any atom is -0.344 e. The van der Waals surface area contributed by atoms with Gasteiger partial charge in [0, 0.05) is 42.3 Å². The van der Waals surface area contributed by atoms with Crippen molar-refractivity contribution in [1.29, 1.82) is 0 Å². The van der Waals surface area contributed by atoms with Crippen LogP contribution >= 0.6 is 0 Å². The molecule has 3 nitrogen and oxygen atoms in total. The molecular weight excluding hydrogens is 236 g/mol. The van der Waals surface area contributed by atoms with Crippen molar-refractivity contribution < 1.29 is 4.79 Å². The first-order valence-corrected chi connectivity index (χ1v) is 6.78. The molecule has 0 radical (unpaired) electrons. The number of carbonyl (C=O) groups is 1. The highest BCUT2D eigenvalue weighted by Crippen LogP contribution is 2.26. The van der Waals surface area contributed by atoms with Gasteiger partial charge in [0.2, 0.25) is 0 Å². The van der Waals surface area contributed by atoms with Crippen LogP contribution in [0.2, 0.25) is 0 Å². The maximum absolute atomic E-state index is 11.9. The second-order valence-electron chi connectivity index (χ2n) is 5.31. The molecule has 0 aromatic carbocycles. The summed E-state index contributed by atoms with van der Waals surface area (Å²) in [6.07, 6.45) is 6.42. The number of aromatic nitrogens is 2.